The fourth-order valence-corrected chi connectivity index (χ4v) is 2.07. The number of hydroxylamine groups is 2. The van der Waals surface area contributed by atoms with E-state index < -0.39 is 0 Å². The van der Waals surface area contributed by atoms with E-state index in [2.05, 4.69) is 20.8 Å². The molecule has 1 aliphatic heterocycles. The summed E-state index contributed by atoms with van der Waals surface area (Å²) in [6, 6.07) is 7.77. The molecule has 0 radical (unpaired) electrons. The molecule has 0 saturated carbocycles. The van der Waals surface area contributed by atoms with Gasteiger partial charge < -0.3 is 0 Å². The highest BCUT2D eigenvalue weighted by Crippen LogP contribution is 2.27. The first-order valence-electron chi connectivity index (χ1n) is 6.04. The number of nitrogens with zero attached hydrogens (tertiary/aromatic N) is 1. The summed E-state index contributed by atoms with van der Waals surface area (Å²) in [7, 11) is 0. The largest absolute Gasteiger partial charge is 0.277 e. The Morgan fingerprint density at radius 1 is 1.29 bits per heavy atom. The lowest BCUT2D eigenvalue weighted by atomic mass is 9.83. The second-order valence-electron chi connectivity index (χ2n) is 5.39. The predicted octanol–water partition coefficient (Wildman–Crippen LogP) is 2.76. The molecule has 17 heavy (non-hydrogen) atoms. The molecule has 1 aromatic rings. The molecule has 3 nitrogen and oxygen atoms in total. The van der Waals surface area contributed by atoms with E-state index >= 15 is 0 Å². The second-order valence-corrected chi connectivity index (χ2v) is 5.39. The first-order chi connectivity index (χ1) is 8.00. The average Bonchev–Trinajstić information content (AvgIpc) is 2.80. The van der Waals surface area contributed by atoms with Gasteiger partial charge in [-0.25, -0.2) is 5.06 Å². The topological polar surface area (TPSA) is 29.5 Å². The molecule has 3 heteroatoms. The number of hydrogen-bond donors (Lipinski definition) is 0. The van der Waals surface area contributed by atoms with Crippen molar-refractivity contribution in [3.63, 3.8) is 0 Å². The van der Waals surface area contributed by atoms with Crippen molar-refractivity contribution in [1.82, 2.24) is 5.06 Å². The number of amides is 1. The van der Waals surface area contributed by atoms with Crippen molar-refractivity contribution in [3.05, 3.63) is 35.4 Å². The van der Waals surface area contributed by atoms with E-state index in [-0.39, 0.29) is 11.3 Å². The Morgan fingerprint density at radius 3 is 2.59 bits per heavy atom. The standard InChI is InChI=1S/C14H19NO2/c1-14(2,3)12-8-5-4-7-11(12)13(16)15-9-6-10-17-15/h4-5,7-8H,6,9-10H2,1-3H3. The Morgan fingerprint density at radius 2 is 2.00 bits per heavy atom. The lowest BCUT2D eigenvalue weighted by Gasteiger charge is -2.24. The third kappa shape index (κ3) is 2.50. The van der Waals surface area contributed by atoms with Gasteiger partial charge in [0.1, 0.15) is 0 Å². The Hall–Kier alpha value is -1.35. The zero-order valence-electron chi connectivity index (χ0n) is 10.7. The van der Waals surface area contributed by atoms with Crippen molar-refractivity contribution in [2.75, 3.05) is 13.2 Å². The van der Waals surface area contributed by atoms with Crippen molar-refractivity contribution in [3.8, 4) is 0 Å². The fourth-order valence-electron chi connectivity index (χ4n) is 2.07. The zero-order valence-corrected chi connectivity index (χ0v) is 10.7. The van der Waals surface area contributed by atoms with Gasteiger partial charge in [0, 0.05) is 5.56 Å². The predicted molar refractivity (Wildman–Crippen MR) is 66.7 cm³/mol. The van der Waals surface area contributed by atoms with Gasteiger partial charge in [-0.15, -0.1) is 0 Å². The molecule has 0 spiro atoms. The van der Waals surface area contributed by atoms with E-state index in [0.717, 1.165) is 17.5 Å². The van der Waals surface area contributed by atoms with E-state index in [0.29, 0.717) is 13.2 Å². The Kier molecular flexibility index (Phi) is 3.20. The van der Waals surface area contributed by atoms with Crippen LogP contribution in [0, 0.1) is 0 Å². The van der Waals surface area contributed by atoms with Crippen molar-refractivity contribution in [1.29, 1.82) is 0 Å². The minimum absolute atomic E-state index is 0.0203. The van der Waals surface area contributed by atoms with E-state index in [1.165, 1.54) is 5.06 Å². The molecule has 1 amide bonds. The molecule has 2 rings (SSSR count). The molecule has 0 unspecified atom stereocenters. The van der Waals surface area contributed by atoms with Crippen LogP contribution in [0.4, 0.5) is 0 Å². The van der Waals surface area contributed by atoms with Crippen LogP contribution >= 0.6 is 0 Å². The van der Waals surface area contributed by atoms with Gasteiger partial charge in [-0.3, -0.25) is 9.63 Å². The molecule has 0 bridgehead atoms. The lowest BCUT2D eigenvalue weighted by molar-refractivity contribution is -0.0769. The normalized spacial score (nSPS) is 16.3. The van der Waals surface area contributed by atoms with Gasteiger partial charge in [-0.05, 0) is 23.5 Å². The van der Waals surface area contributed by atoms with Crippen LogP contribution in [0.25, 0.3) is 0 Å². The summed E-state index contributed by atoms with van der Waals surface area (Å²) in [4.78, 5) is 17.6. The number of carbonyl (C=O) groups excluding carboxylic acids is 1. The van der Waals surface area contributed by atoms with Crippen LogP contribution in [0.15, 0.2) is 24.3 Å². The lowest BCUT2D eigenvalue weighted by Crippen LogP contribution is -2.29. The number of carbonyl (C=O) groups is 1. The van der Waals surface area contributed by atoms with Gasteiger partial charge in [-0.2, -0.15) is 0 Å². The van der Waals surface area contributed by atoms with Crippen LogP contribution in [0.2, 0.25) is 0 Å². The van der Waals surface area contributed by atoms with Gasteiger partial charge in [-0.1, -0.05) is 39.0 Å². The molecular formula is C14H19NO2. The summed E-state index contributed by atoms with van der Waals surface area (Å²) >= 11 is 0. The van der Waals surface area contributed by atoms with Gasteiger partial charge in [0.2, 0.25) is 0 Å². The summed E-state index contributed by atoms with van der Waals surface area (Å²) in [5.74, 6) is -0.0203. The minimum Gasteiger partial charge on any atom is -0.271 e. The molecule has 1 fully saturated rings. The Bertz CT molecular complexity index is 414. The summed E-state index contributed by atoms with van der Waals surface area (Å²) in [5.41, 5.74) is 1.79. The van der Waals surface area contributed by atoms with Crippen molar-refractivity contribution >= 4 is 5.91 Å². The second kappa shape index (κ2) is 4.49. The van der Waals surface area contributed by atoms with Gasteiger partial charge >= 0.3 is 0 Å². The Labute approximate surface area is 102 Å². The fraction of sp³-hybridized carbons (Fsp3) is 0.500. The van der Waals surface area contributed by atoms with E-state index in [1.807, 2.05) is 24.3 Å². The number of rotatable bonds is 1. The number of benzene rings is 1. The van der Waals surface area contributed by atoms with Crippen LogP contribution < -0.4 is 0 Å². The molecule has 1 heterocycles. The van der Waals surface area contributed by atoms with E-state index in [9.17, 15) is 4.79 Å². The summed E-state index contributed by atoms with van der Waals surface area (Å²) < 4.78 is 0. The quantitative estimate of drug-likeness (QED) is 0.746. The van der Waals surface area contributed by atoms with Gasteiger partial charge in [0.15, 0.2) is 0 Å². The van der Waals surface area contributed by atoms with E-state index in [4.69, 9.17) is 4.84 Å². The summed E-state index contributed by atoms with van der Waals surface area (Å²) in [5, 5.41) is 1.48. The highest BCUT2D eigenvalue weighted by Gasteiger charge is 2.26. The van der Waals surface area contributed by atoms with Crippen molar-refractivity contribution in [2.24, 2.45) is 0 Å². The number of hydrogen-bond acceptors (Lipinski definition) is 2. The van der Waals surface area contributed by atoms with Crippen molar-refractivity contribution in [2.45, 2.75) is 32.6 Å². The van der Waals surface area contributed by atoms with Crippen LogP contribution in [-0.4, -0.2) is 24.1 Å². The van der Waals surface area contributed by atoms with Crippen molar-refractivity contribution < 1.29 is 9.63 Å². The third-order valence-electron chi connectivity index (χ3n) is 2.94. The molecule has 0 N–H and O–H groups in total. The molecule has 0 aromatic heterocycles. The molecule has 1 aliphatic rings. The smallest absolute Gasteiger partial charge is 0.271 e. The molecular weight excluding hydrogens is 214 g/mol. The minimum atomic E-state index is -0.0357. The molecule has 0 atom stereocenters. The van der Waals surface area contributed by atoms with Gasteiger partial charge in [0.05, 0.1) is 13.2 Å². The summed E-state index contributed by atoms with van der Waals surface area (Å²) in [6.07, 6.45) is 0.920. The first-order valence-corrected chi connectivity index (χ1v) is 6.04. The maximum Gasteiger partial charge on any atom is 0.277 e. The summed E-state index contributed by atoms with van der Waals surface area (Å²) in [6.45, 7) is 7.68. The molecule has 1 aromatic carbocycles. The highest BCUT2D eigenvalue weighted by molar-refractivity contribution is 5.95. The maximum atomic E-state index is 12.3. The average molecular weight is 233 g/mol. The van der Waals surface area contributed by atoms with Crippen LogP contribution in [0.3, 0.4) is 0 Å². The first kappa shape index (κ1) is 12.1. The molecule has 92 valence electrons. The Balaban J connectivity index is 2.34. The van der Waals surface area contributed by atoms with Crippen LogP contribution in [0.1, 0.15) is 43.1 Å². The van der Waals surface area contributed by atoms with Crippen LogP contribution in [-0.2, 0) is 10.3 Å². The monoisotopic (exact) mass is 233 g/mol. The molecule has 0 aliphatic carbocycles. The van der Waals surface area contributed by atoms with Gasteiger partial charge in [0.25, 0.3) is 5.91 Å². The van der Waals surface area contributed by atoms with E-state index in [1.54, 1.807) is 0 Å². The zero-order chi connectivity index (χ0) is 12.5. The van der Waals surface area contributed by atoms with Crippen LogP contribution in [0.5, 0.6) is 0 Å². The molecule has 1 saturated heterocycles. The maximum absolute atomic E-state index is 12.3. The third-order valence-corrected chi connectivity index (χ3v) is 2.94. The highest BCUT2D eigenvalue weighted by atomic mass is 16.7. The SMILES string of the molecule is CC(C)(C)c1ccccc1C(=O)N1CCCO1.